The minimum atomic E-state index is -0.407. The molecule has 2 saturated heterocycles. The quantitative estimate of drug-likeness (QED) is 0.727. The zero-order valence-electron chi connectivity index (χ0n) is 16.6. The summed E-state index contributed by atoms with van der Waals surface area (Å²) < 4.78 is 10.7. The zero-order valence-corrected chi connectivity index (χ0v) is 16.6. The molecule has 1 unspecified atom stereocenters. The van der Waals surface area contributed by atoms with E-state index in [9.17, 15) is 4.79 Å². The first kappa shape index (κ1) is 20.1. The number of amides is 1. The van der Waals surface area contributed by atoms with E-state index >= 15 is 0 Å². The highest BCUT2D eigenvalue weighted by molar-refractivity contribution is 5.83. The average Bonchev–Trinajstić information content (AvgIpc) is 3.24. The number of methoxy groups -OCH3 is 2. The van der Waals surface area contributed by atoms with Gasteiger partial charge < -0.3 is 20.1 Å². The normalized spacial score (nSPS) is 21.0. The Kier molecular flexibility index (Phi) is 7.10. The van der Waals surface area contributed by atoms with E-state index in [1.807, 2.05) is 12.1 Å². The lowest BCUT2D eigenvalue weighted by atomic mass is 9.78. The average molecular weight is 376 g/mol. The lowest BCUT2D eigenvalue weighted by Crippen LogP contribution is -2.51. The molecule has 0 radical (unpaired) electrons. The lowest BCUT2D eigenvalue weighted by Gasteiger charge is -2.36. The summed E-state index contributed by atoms with van der Waals surface area (Å²) in [5.41, 5.74) is 0.819. The van der Waals surface area contributed by atoms with Gasteiger partial charge >= 0.3 is 0 Å². The molecule has 1 amide bonds. The molecule has 150 valence electrons. The number of nitrogens with zero attached hydrogens (tertiary/aromatic N) is 1. The zero-order chi connectivity index (χ0) is 19.1. The highest BCUT2D eigenvalue weighted by Crippen LogP contribution is 2.31. The van der Waals surface area contributed by atoms with Gasteiger partial charge in [0, 0.05) is 13.7 Å². The smallest absolute Gasteiger partial charge is 0.228 e. The van der Waals surface area contributed by atoms with Crippen LogP contribution in [0.4, 0.5) is 0 Å². The van der Waals surface area contributed by atoms with Gasteiger partial charge in [0.05, 0.1) is 25.2 Å². The van der Waals surface area contributed by atoms with Gasteiger partial charge in [0.2, 0.25) is 5.91 Å². The Balaban J connectivity index is 1.70. The molecule has 2 fully saturated rings. The molecular formula is C21H33N3O3. The molecule has 1 aromatic carbocycles. The topological polar surface area (TPSA) is 62.8 Å². The van der Waals surface area contributed by atoms with Crippen molar-refractivity contribution in [3.8, 4) is 5.75 Å². The Morgan fingerprint density at radius 3 is 2.44 bits per heavy atom. The maximum absolute atomic E-state index is 13.1. The fraction of sp³-hybridized carbons (Fsp3) is 0.667. The standard InChI is InChI=1S/C21H33N3O3/c1-26-16-21(9-11-22-12-10-21)20(25)23-15-19(24-13-3-4-14-24)17-5-7-18(27-2)8-6-17/h5-8,19,22H,3-4,9-16H2,1-2H3,(H,23,25). The number of nitrogens with one attached hydrogen (secondary N) is 2. The van der Waals surface area contributed by atoms with Crippen molar-refractivity contribution in [3.63, 3.8) is 0 Å². The molecule has 1 atom stereocenters. The monoisotopic (exact) mass is 375 g/mol. The van der Waals surface area contributed by atoms with E-state index in [1.54, 1.807) is 14.2 Å². The van der Waals surface area contributed by atoms with Crippen LogP contribution < -0.4 is 15.4 Å². The Bertz CT molecular complexity index is 588. The highest BCUT2D eigenvalue weighted by atomic mass is 16.5. The second-order valence-corrected chi connectivity index (χ2v) is 7.71. The molecule has 2 heterocycles. The molecule has 0 bridgehead atoms. The summed E-state index contributed by atoms with van der Waals surface area (Å²) in [6.45, 7) is 5.01. The van der Waals surface area contributed by atoms with Gasteiger partial charge in [-0.3, -0.25) is 9.69 Å². The summed E-state index contributed by atoms with van der Waals surface area (Å²) in [6.07, 6.45) is 4.09. The predicted molar refractivity (Wildman–Crippen MR) is 106 cm³/mol. The number of rotatable bonds is 8. The molecule has 1 aromatic rings. The molecule has 2 N–H and O–H groups in total. The molecule has 2 aliphatic heterocycles. The van der Waals surface area contributed by atoms with Gasteiger partial charge in [-0.25, -0.2) is 0 Å². The van der Waals surface area contributed by atoms with E-state index in [0.29, 0.717) is 13.2 Å². The van der Waals surface area contributed by atoms with Gasteiger partial charge in [0.25, 0.3) is 0 Å². The molecular weight excluding hydrogens is 342 g/mol. The van der Waals surface area contributed by atoms with E-state index in [0.717, 1.165) is 44.8 Å². The first-order valence-corrected chi connectivity index (χ1v) is 10.0. The van der Waals surface area contributed by atoms with Crippen LogP contribution in [0.25, 0.3) is 0 Å². The maximum Gasteiger partial charge on any atom is 0.228 e. The van der Waals surface area contributed by atoms with E-state index in [-0.39, 0.29) is 11.9 Å². The Morgan fingerprint density at radius 2 is 1.85 bits per heavy atom. The molecule has 0 aliphatic carbocycles. The van der Waals surface area contributed by atoms with Gasteiger partial charge in [-0.05, 0) is 69.6 Å². The molecule has 6 nitrogen and oxygen atoms in total. The largest absolute Gasteiger partial charge is 0.497 e. The number of piperidine rings is 1. The molecule has 2 aliphatic rings. The van der Waals surface area contributed by atoms with Gasteiger partial charge in [0.15, 0.2) is 0 Å². The highest BCUT2D eigenvalue weighted by Gasteiger charge is 2.40. The van der Waals surface area contributed by atoms with Crippen LogP contribution in [0.2, 0.25) is 0 Å². The fourth-order valence-electron chi connectivity index (χ4n) is 4.33. The predicted octanol–water partition coefficient (Wildman–Crippen LogP) is 1.96. The van der Waals surface area contributed by atoms with Gasteiger partial charge in [0.1, 0.15) is 5.75 Å². The maximum atomic E-state index is 13.1. The van der Waals surface area contributed by atoms with Crippen LogP contribution in [0.1, 0.15) is 37.3 Å². The van der Waals surface area contributed by atoms with Crippen LogP contribution in [-0.2, 0) is 9.53 Å². The third-order valence-electron chi connectivity index (χ3n) is 6.00. The van der Waals surface area contributed by atoms with Crippen LogP contribution >= 0.6 is 0 Å². The number of ether oxygens (including phenoxy) is 2. The number of likely N-dealkylation sites (tertiary alicyclic amines) is 1. The second kappa shape index (κ2) is 9.53. The van der Waals surface area contributed by atoms with Gasteiger partial charge in [-0.2, -0.15) is 0 Å². The van der Waals surface area contributed by atoms with Crippen molar-refractivity contribution in [1.29, 1.82) is 0 Å². The van der Waals surface area contributed by atoms with E-state index < -0.39 is 5.41 Å². The first-order chi connectivity index (χ1) is 13.2. The van der Waals surface area contributed by atoms with Crippen molar-refractivity contribution in [2.75, 3.05) is 53.6 Å². The van der Waals surface area contributed by atoms with Crippen molar-refractivity contribution in [2.45, 2.75) is 31.7 Å². The molecule has 27 heavy (non-hydrogen) atoms. The lowest BCUT2D eigenvalue weighted by molar-refractivity contribution is -0.136. The summed E-state index contributed by atoms with van der Waals surface area (Å²) >= 11 is 0. The second-order valence-electron chi connectivity index (χ2n) is 7.71. The number of carbonyl (C=O) groups is 1. The third-order valence-corrected chi connectivity index (χ3v) is 6.00. The number of hydrogen-bond acceptors (Lipinski definition) is 5. The van der Waals surface area contributed by atoms with Crippen molar-refractivity contribution >= 4 is 5.91 Å². The van der Waals surface area contributed by atoms with Gasteiger partial charge in [-0.1, -0.05) is 12.1 Å². The number of carbonyl (C=O) groups excluding carboxylic acids is 1. The third kappa shape index (κ3) is 4.81. The Hall–Kier alpha value is -1.63. The SMILES string of the molecule is COCC1(C(=O)NCC(c2ccc(OC)cc2)N2CCCC2)CCNCC1. The van der Waals surface area contributed by atoms with Crippen LogP contribution in [0, 0.1) is 5.41 Å². The van der Waals surface area contributed by atoms with Gasteiger partial charge in [-0.15, -0.1) is 0 Å². The minimum absolute atomic E-state index is 0.128. The number of benzene rings is 1. The minimum Gasteiger partial charge on any atom is -0.497 e. The van der Waals surface area contributed by atoms with Crippen LogP contribution in [0.3, 0.4) is 0 Å². The van der Waals surface area contributed by atoms with E-state index in [4.69, 9.17) is 9.47 Å². The van der Waals surface area contributed by atoms with Crippen LogP contribution in [0.5, 0.6) is 5.75 Å². The first-order valence-electron chi connectivity index (χ1n) is 10.0. The molecule has 6 heteroatoms. The molecule has 0 spiro atoms. The molecule has 0 saturated carbocycles. The van der Waals surface area contributed by atoms with Crippen LogP contribution in [-0.4, -0.2) is 64.4 Å². The summed E-state index contributed by atoms with van der Waals surface area (Å²) in [4.78, 5) is 15.6. The summed E-state index contributed by atoms with van der Waals surface area (Å²) in [5.74, 6) is 0.986. The van der Waals surface area contributed by atoms with E-state index in [2.05, 4.69) is 27.7 Å². The summed E-state index contributed by atoms with van der Waals surface area (Å²) in [5, 5.41) is 6.61. The van der Waals surface area contributed by atoms with Crippen molar-refractivity contribution in [1.82, 2.24) is 15.5 Å². The molecule has 3 rings (SSSR count). The van der Waals surface area contributed by atoms with Crippen molar-refractivity contribution in [3.05, 3.63) is 29.8 Å². The summed E-state index contributed by atoms with van der Waals surface area (Å²) in [7, 11) is 3.36. The van der Waals surface area contributed by atoms with Crippen molar-refractivity contribution < 1.29 is 14.3 Å². The number of hydrogen-bond donors (Lipinski definition) is 2. The van der Waals surface area contributed by atoms with Crippen molar-refractivity contribution in [2.24, 2.45) is 5.41 Å². The molecule has 0 aromatic heterocycles. The Morgan fingerprint density at radius 1 is 1.19 bits per heavy atom. The summed E-state index contributed by atoms with van der Waals surface area (Å²) in [6, 6.07) is 8.43. The Labute approximate surface area is 162 Å². The van der Waals surface area contributed by atoms with Crippen LogP contribution in [0.15, 0.2) is 24.3 Å². The van der Waals surface area contributed by atoms with E-state index in [1.165, 1.54) is 18.4 Å². The fourth-order valence-corrected chi connectivity index (χ4v) is 4.33.